The van der Waals surface area contributed by atoms with Crippen molar-refractivity contribution >= 4 is 17.3 Å². The predicted molar refractivity (Wildman–Crippen MR) is 73.5 cm³/mol. The molecule has 1 unspecified atom stereocenters. The average molecular weight is 270 g/mol. The molecule has 0 fully saturated rings. The van der Waals surface area contributed by atoms with Crippen molar-refractivity contribution in [3.63, 3.8) is 0 Å². The molecule has 4 nitrogen and oxygen atoms in total. The highest BCUT2D eigenvalue weighted by Crippen LogP contribution is 2.32. The van der Waals surface area contributed by atoms with Crippen molar-refractivity contribution < 1.29 is 9.53 Å². The van der Waals surface area contributed by atoms with Crippen molar-refractivity contribution in [3.05, 3.63) is 16.1 Å². The van der Waals surface area contributed by atoms with Crippen LogP contribution in [0.3, 0.4) is 0 Å². The van der Waals surface area contributed by atoms with Crippen LogP contribution in [0.5, 0.6) is 0 Å². The van der Waals surface area contributed by atoms with E-state index in [1.165, 1.54) is 0 Å². The monoisotopic (exact) mass is 270 g/mol. The Kier molecular flexibility index (Phi) is 5.28. The Labute approximate surface area is 113 Å². The molecule has 1 rings (SSSR count). The third kappa shape index (κ3) is 3.09. The van der Waals surface area contributed by atoms with Gasteiger partial charge in [-0.3, -0.25) is 4.79 Å². The molecule has 0 spiro atoms. The van der Waals surface area contributed by atoms with Gasteiger partial charge in [0, 0.05) is 18.3 Å². The highest BCUT2D eigenvalue weighted by Gasteiger charge is 2.42. The first kappa shape index (κ1) is 15.1. The van der Waals surface area contributed by atoms with Crippen molar-refractivity contribution in [2.45, 2.75) is 34.1 Å². The van der Waals surface area contributed by atoms with Crippen LogP contribution in [-0.2, 0) is 16.0 Å². The van der Waals surface area contributed by atoms with Gasteiger partial charge in [0.05, 0.1) is 22.7 Å². The van der Waals surface area contributed by atoms with Gasteiger partial charge < -0.3 is 10.5 Å². The van der Waals surface area contributed by atoms with Gasteiger partial charge in [-0.1, -0.05) is 13.8 Å². The van der Waals surface area contributed by atoms with Gasteiger partial charge in [0.2, 0.25) is 0 Å². The third-order valence-electron chi connectivity index (χ3n) is 3.31. The molecule has 0 aliphatic rings. The third-order valence-corrected chi connectivity index (χ3v) is 4.14. The average Bonchev–Trinajstić information content (AvgIpc) is 2.71. The molecule has 0 aromatic carbocycles. The molecule has 0 aliphatic carbocycles. The smallest absolute Gasteiger partial charge is 0.314 e. The summed E-state index contributed by atoms with van der Waals surface area (Å²) in [4.78, 5) is 16.6. The van der Waals surface area contributed by atoms with Gasteiger partial charge >= 0.3 is 5.97 Å². The summed E-state index contributed by atoms with van der Waals surface area (Å²) in [5, 5.41) is 2.99. The van der Waals surface area contributed by atoms with E-state index >= 15 is 0 Å². The summed E-state index contributed by atoms with van der Waals surface area (Å²) < 4.78 is 5.20. The Morgan fingerprint density at radius 1 is 1.61 bits per heavy atom. The Hall–Kier alpha value is -0.940. The highest BCUT2D eigenvalue weighted by molar-refractivity contribution is 7.09. The summed E-state index contributed by atoms with van der Waals surface area (Å²) in [6.07, 6.45) is 0.546. The lowest BCUT2D eigenvalue weighted by atomic mass is 9.73. The molecule has 18 heavy (non-hydrogen) atoms. The molecule has 0 amide bonds. The molecular formula is C13H22N2O2S. The molecule has 102 valence electrons. The maximum Gasteiger partial charge on any atom is 0.314 e. The van der Waals surface area contributed by atoms with E-state index in [9.17, 15) is 4.79 Å². The number of ether oxygens (including phenoxy) is 1. The zero-order valence-electron chi connectivity index (χ0n) is 11.5. The Bertz CT molecular complexity index is 403. The number of nitrogens with two attached hydrogens (primary N) is 1. The molecule has 0 bridgehead atoms. The van der Waals surface area contributed by atoms with E-state index in [0.29, 0.717) is 13.0 Å². The van der Waals surface area contributed by atoms with Crippen LogP contribution >= 0.6 is 11.3 Å². The van der Waals surface area contributed by atoms with E-state index in [1.54, 1.807) is 11.3 Å². The normalized spacial score (nSPS) is 14.6. The lowest BCUT2D eigenvalue weighted by Crippen LogP contribution is -2.46. The second-order valence-electron chi connectivity index (χ2n) is 4.77. The molecule has 1 atom stereocenters. The number of rotatable bonds is 6. The molecule has 1 aromatic rings. The molecule has 0 saturated heterocycles. The predicted octanol–water partition coefficient (Wildman–Crippen LogP) is 2.16. The maximum atomic E-state index is 12.2. The van der Waals surface area contributed by atoms with Crippen LogP contribution in [0.2, 0.25) is 0 Å². The molecule has 0 saturated carbocycles. The van der Waals surface area contributed by atoms with Crippen LogP contribution in [-0.4, -0.2) is 24.1 Å². The minimum Gasteiger partial charge on any atom is -0.466 e. The van der Waals surface area contributed by atoms with Gasteiger partial charge in [-0.15, -0.1) is 11.3 Å². The van der Waals surface area contributed by atoms with Gasteiger partial charge in [0.15, 0.2) is 0 Å². The number of aromatic nitrogens is 1. The van der Waals surface area contributed by atoms with Crippen LogP contribution in [0.25, 0.3) is 0 Å². The van der Waals surface area contributed by atoms with Gasteiger partial charge in [-0.2, -0.15) is 0 Å². The number of esters is 1. The topological polar surface area (TPSA) is 65.2 Å². The Balaban J connectivity index is 3.00. The SMILES string of the molecule is CCOC(=O)C(CN)(Cc1csc(C)n1)C(C)C. The Morgan fingerprint density at radius 2 is 2.28 bits per heavy atom. The van der Waals surface area contributed by atoms with Crippen LogP contribution in [0.15, 0.2) is 5.38 Å². The quantitative estimate of drug-likeness (QED) is 0.804. The zero-order valence-corrected chi connectivity index (χ0v) is 12.3. The van der Waals surface area contributed by atoms with E-state index in [4.69, 9.17) is 10.5 Å². The first-order valence-corrected chi connectivity index (χ1v) is 7.12. The summed E-state index contributed by atoms with van der Waals surface area (Å²) in [6, 6.07) is 0. The number of aryl methyl sites for hydroxylation is 1. The summed E-state index contributed by atoms with van der Waals surface area (Å²) in [6.45, 7) is 8.43. The number of carbonyl (C=O) groups excluding carboxylic acids is 1. The van der Waals surface area contributed by atoms with Crippen LogP contribution in [0.4, 0.5) is 0 Å². The molecule has 0 aliphatic heterocycles. The lowest BCUT2D eigenvalue weighted by Gasteiger charge is -2.33. The van der Waals surface area contributed by atoms with Crippen molar-refractivity contribution in [1.82, 2.24) is 4.98 Å². The second kappa shape index (κ2) is 6.29. The summed E-state index contributed by atoms with van der Waals surface area (Å²) in [7, 11) is 0. The fourth-order valence-electron chi connectivity index (χ4n) is 1.99. The first-order chi connectivity index (χ1) is 8.46. The minimum atomic E-state index is -0.670. The molecule has 0 radical (unpaired) electrons. The fourth-order valence-corrected chi connectivity index (χ4v) is 2.60. The van der Waals surface area contributed by atoms with Gasteiger partial charge in [0.1, 0.15) is 0 Å². The standard InChI is InChI=1S/C13H22N2O2S/c1-5-17-12(16)13(8-14,9(2)3)6-11-7-18-10(4)15-11/h7,9H,5-6,8,14H2,1-4H3. The van der Waals surface area contributed by atoms with Crippen molar-refractivity contribution in [3.8, 4) is 0 Å². The maximum absolute atomic E-state index is 12.2. The highest BCUT2D eigenvalue weighted by atomic mass is 32.1. The number of nitrogens with zero attached hydrogens (tertiary/aromatic N) is 1. The molecule has 1 aromatic heterocycles. The number of hydrogen-bond donors (Lipinski definition) is 1. The number of carbonyl (C=O) groups is 1. The number of thiazole rings is 1. The van der Waals surface area contributed by atoms with E-state index in [-0.39, 0.29) is 18.4 Å². The fraction of sp³-hybridized carbons (Fsp3) is 0.692. The van der Waals surface area contributed by atoms with Crippen molar-refractivity contribution in [1.29, 1.82) is 0 Å². The van der Waals surface area contributed by atoms with Crippen LogP contribution < -0.4 is 5.73 Å². The van der Waals surface area contributed by atoms with Crippen LogP contribution in [0, 0.1) is 18.3 Å². The lowest BCUT2D eigenvalue weighted by molar-refractivity contribution is -0.157. The summed E-state index contributed by atoms with van der Waals surface area (Å²) >= 11 is 1.59. The van der Waals surface area contributed by atoms with E-state index in [0.717, 1.165) is 10.7 Å². The van der Waals surface area contributed by atoms with Crippen molar-refractivity contribution in [2.24, 2.45) is 17.1 Å². The van der Waals surface area contributed by atoms with Crippen molar-refractivity contribution in [2.75, 3.05) is 13.2 Å². The minimum absolute atomic E-state index is 0.114. The van der Waals surface area contributed by atoms with Gasteiger partial charge in [-0.05, 0) is 19.8 Å². The molecule has 1 heterocycles. The first-order valence-electron chi connectivity index (χ1n) is 6.24. The summed E-state index contributed by atoms with van der Waals surface area (Å²) in [5.74, 6) is -0.100. The van der Waals surface area contributed by atoms with E-state index in [1.807, 2.05) is 33.1 Å². The van der Waals surface area contributed by atoms with Gasteiger partial charge in [0.25, 0.3) is 0 Å². The molecule has 5 heteroatoms. The molecular weight excluding hydrogens is 248 g/mol. The molecule has 2 N–H and O–H groups in total. The van der Waals surface area contributed by atoms with Crippen LogP contribution in [0.1, 0.15) is 31.5 Å². The zero-order chi connectivity index (χ0) is 13.8. The van der Waals surface area contributed by atoms with E-state index in [2.05, 4.69) is 4.98 Å². The number of hydrogen-bond acceptors (Lipinski definition) is 5. The summed E-state index contributed by atoms with van der Waals surface area (Å²) in [5.41, 5.74) is 6.12. The Morgan fingerprint density at radius 3 is 2.67 bits per heavy atom. The largest absolute Gasteiger partial charge is 0.466 e. The van der Waals surface area contributed by atoms with E-state index < -0.39 is 5.41 Å². The second-order valence-corrected chi connectivity index (χ2v) is 5.83. The van der Waals surface area contributed by atoms with Gasteiger partial charge in [-0.25, -0.2) is 4.98 Å².